The van der Waals surface area contributed by atoms with E-state index in [1.54, 1.807) is 6.20 Å². The van der Waals surface area contributed by atoms with Crippen molar-refractivity contribution in [3.63, 3.8) is 0 Å². The third-order valence-corrected chi connectivity index (χ3v) is 4.21. The van der Waals surface area contributed by atoms with Crippen LogP contribution in [-0.2, 0) is 0 Å². The molecule has 1 aliphatic rings. The van der Waals surface area contributed by atoms with E-state index in [1.807, 2.05) is 24.5 Å². The van der Waals surface area contributed by atoms with Crippen LogP contribution >= 0.6 is 0 Å². The number of nitrogens with zero attached hydrogens (tertiary/aromatic N) is 4. The van der Waals surface area contributed by atoms with E-state index in [0.717, 1.165) is 41.3 Å². The fourth-order valence-corrected chi connectivity index (χ4v) is 3.31. The first-order valence-electron chi connectivity index (χ1n) is 7.97. The van der Waals surface area contributed by atoms with Gasteiger partial charge in [0.15, 0.2) is 0 Å². The van der Waals surface area contributed by atoms with E-state index in [1.165, 1.54) is 0 Å². The van der Waals surface area contributed by atoms with Crippen molar-refractivity contribution in [3.8, 4) is 11.3 Å². The summed E-state index contributed by atoms with van der Waals surface area (Å²) in [6.45, 7) is 6.22. The van der Waals surface area contributed by atoms with E-state index < -0.39 is 0 Å². The van der Waals surface area contributed by atoms with Crippen LogP contribution in [0.2, 0.25) is 0 Å². The maximum absolute atomic E-state index is 4.80. The number of nitrogens with one attached hydrogen (secondary N) is 2. The van der Waals surface area contributed by atoms with Gasteiger partial charge < -0.3 is 15.2 Å². The van der Waals surface area contributed by atoms with E-state index in [0.29, 0.717) is 12.1 Å². The summed E-state index contributed by atoms with van der Waals surface area (Å²) in [5, 5.41) is 4.62. The summed E-state index contributed by atoms with van der Waals surface area (Å²) in [5.41, 5.74) is 2.87. The molecule has 2 N–H and O–H groups in total. The number of anilines is 1. The van der Waals surface area contributed by atoms with Gasteiger partial charge in [-0.15, -0.1) is 0 Å². The Morgan fingerprint density at radius 2 is 1.91 bits per heavy atom. The molecular weight excluding hydrogens is 288 g/mol. The van der Waals surface area contributed by atoms with Gasteiger partial charge in [-0.3, -0.25) is 0 Å². The van der Waals surface area contributed by atoms with Crippen molar-refractivity contribution in [3.05, 3.63) is 36.8 Å². The maximum Gasteiger partial charge on any atom is 0.225 e. The van der Waals surface area contributed by atoms with Crippen molar-refractivity contribution in [2.24, 2.45) is 0 Å². The molecule has 3 aromatic heterocycles. The Morgan fingerprint density at radius 3 is 2.74 bits per heavy atom. The summed E-state index contributed by atoms with van der Waals surface area (Å²) in [6.07, 6.45) is 5.59. The second kappa shape index (κ2) is 5.62. The zero-order valence-corrected chi connectivity index (χ0v) is 13.3. The van der Waals surface area contributed by atoms with Crippen molar-refractivity contribution in [2.75, 3.05) is 18.0 Å². The number of pyridine rings is 1. The lowest BCUT2D eigenvalue weighted by molar-refractivity contribution is 0.403. The highest BCUT2D eigenvalue weighted by atomic mass is 15.3. The second-order valence-electron chi connectivity index (χ2n) is 6.22. The predicted molar refractivity (Wildman–Crippen MR) is 91.4 cm³/mol. The SMILES string of the molecule is C[C@@H]1CN(c2nccc(-c3c[nH]c4ncccc34)n2)C[C@H](C)N1. The van der Waals surface area contributed by atoms with Gasteiger partial charge in [0.2, 0.25) is 5.95 Å². The predicted octanol–water partition coefficient (Wildman–Crippen LogP) is 2.21. The molecular formula is C17H20N6. The summed E-state index contributed by atoms with van der Waals surface area (Å²) in [5.74, 6) is 0.793. The molecule has 0 bridgehead atoms. The number of H-pyrrole nitrogens is 1. The van der Waals surface area contributed by atoms with Crippen molar-refractivity contribution in [2.45, 2.75) is 25.9 Å². The molecule has 1 fully saturated rings. The zero-order valence-electron chi connectivity index (χ0n) is 13.3. The third kappa shape index (κ3) is 2.66. The first-order chi connectivity index (χ1) is 11.2. The fraction of sp³-hybridized carbons (Fsp3) is 0.353. The number of aromatic nitrogens is 4. The van der Waals surface area contributed by atoms with Crippen LogP contribution in [0.15, 0.2) is 36.8 Å². The highest BCUT2D eigenvalue weighted by Crippen LogP contribution is 2.27. The van der Waals surface area contributed by atoms with E-state index in [4.69, 9.17) is 4.98 Å². The largest absolute Gasteiger partial charge is 0.345 e. The summed E-state index contributed by atoms with van der Waals surface area (Å²) in [7, 11) is 0. The first-order valence-corrected chi connectivity index (χ1v) is 7.97. The normalized spacial score (nSPS) is 21.7. The Morgan fingerprint density at radius 1 is 1.09 bits per heavy atom. The summed E-state index contributed by atoms with van der Waals surface area (Å²) < 4.78 is 0. The molecule has 2 atom stereocenters. The minimum absolute atomic E-state index is 0.434. The number of piperazine rings is 1. The maximum atomic E-state index is 4.80. The third-order valence-electron chi connectivity index (χ3n) is 4.21. The molecule has 0 aliphatic carbocycles. The number of aromatic amines is 1. The number of fused-ring (bicyclic) bond motifs is 1. The summed E-state index contributed by atoms with van der Waals surface area (Å²) >= 11 is 0. The molecule has 6 heteroatoms. The lowest BCUT2D eigenvalue weighted by Crippen LogP contribution is -2.54. The van der Waals surface area contributed by atoms with Crippen molar-refractivity contribution in [1.29, 1.82) is 0 Å². The molecule has 3 aromatic rings. The molecule has 118 valence electrons. The van der Waals surface area contributed by atoms with Gasteiger partial charge in [0.1, 0.15) is 5.65 Å². The highest BCUT2D eigenvalue weighted by Gasteiger charge is 2.23. The molecule has 0 amide bonds. The van der Waals surface area contributed by atoms with Crippen molar-refractivity contribution < 1.29 is 0 Å². The Hall–Kier alpha value is -2.47. The molecule has 0 spiro atoms. The molecule has 4 rings (SSSR count). The Kier molecular flexibility index (Phi) is 3.46. The lowest BCUT2D eigenvalue weighted by atomic mass is 10.1. The van der Waals surface area contributed by atoms with Gasteiger partial charge in [-0.2, -0.15) is 0 Å². The Balaban J connectivity index is 1.71. The molecule has 0 radical (unpaired) electrons. The number of rotatable bonds is 2. The van der Waals surface area contributed by atoms with Gasteiger partial charge in [-0.1, -0.05) is 0 Å². The Labute approximate surface area is 135 Å². The minimum Gasteiger partial charge on any atom is -0.345 e. The molecule has 0 aromatic carbocycles. The van der Waals surface area contributed by atoms with E-state index in [-0.39, 0.29) is 0 Å². The molecule has 6 nitrogen and oxygen atoms in total. The van der Waals surface area contributed by atoms with Gasteiger partial charge in [-0.05, 0) is 32.0 Å². The average Bonchev–Trinajstić information content (AvgIpc) is 2.98. The topological polar surface area (TPSA) is 69.7 Å². The quantitative estimate of drug-likeness (QED) is 0.759. The molecule has 1 aliphatic heterocycles. The van der Waals surface area contributed by atoms with Gasteiger partial charge in [0, 0.05) is 54.7 Å². The summed E-state index contributed by atoms with van der Waals surface area (Å²) in [6, 6.07) is 6.83. The van der Waals surface area contributed by atoms with E-state index in [9.17, 15) is 0 Å². The van der Waals surface area contributed by atoms with Gasteiger partial charge >= 0.3 is 0 Å². The van der Waals surface area contributed by atoms with Crippen LogP contribution < -0.4 is 10.2 Å². The molecule has 0 unspecified atom stereocenters. The van der Waals surface area contributed by atoms with Gasteiger partial charge in [0.25, 0.3) is 0 Å². The molecule has 0 saturated carbocycles. The van der Waals surface area contributed by atoms with Crippen LogP contribution in [-0.4, -0.2) is 45.1 Å². The highest BCUT2D eigenvalue weighted by molar-refractivity contribution is 5.92. The number of hydrogen-bond acceptors (Lipinski definition) is 5. The average molecular weight is 308 g/mol. The van der Waals surface area contributed by atoms with Crippen LogP contribution in [0.5, 0.6) is 0 Å². The number of hydrogen-bond donors (Lipinski definition) is 2. The molecule has 1 saturated heterocycles. The summed E-state index contributed by atoms with van der Waals surface area (Å²) in [4.78, 5) is 19.1. The van der Waals surface area contributed by atoms with Crippen molar-refractivity contribution in [1.82, 2.24) is 25.3 Å². The first kappa shape index (κ1) is 14.1. The van der Waals surface area contributed by atoms with Crippen molar-refractivity contribution >= 4 is 17.0 Å². The van der Waals surface area contributed by atoms with Gasteiger partial charge in [0.05, 0.1) is 5.69 Å². The van der Waals surface area contributed by atoms with E-state index in [2.05, 4.69) is 45.1 Å². The van der Waals surface area contributed by atoms with Crippen LogP contribution in [0.25, 0.3) is 22.3 Å². The fourth-order valence-electron chi connectivity index (χ4n) is 3.31. The lowest BCUT2D eigenvalue weighted by Gasteiger charge is -2.36. The monoisotopic (exact) mass is 308 g/mol. The molecule has 23 heavy (non-hydrogen) atoms. The van der Waals surface area contributed by atoms with Crippen LogP contribution in [0, 0.1) is 0 Å². The van der Waals surface area contributed by atoms with Crippen LogP contribution in [0.1, 0.15) is 13.8 Å². The Bertz CT molecular complexity index is 817. The standard InChI is InChI=1S/C17H20N6/c1-11-9-23(10-12(2)21-11)17-19-7-5-15(22-17)14-8-20-16-13(14)4-3-6-18-16/h3-8,11-12,21H,9-10H2,1-2H3,(H,18,20)/t11-,12+. The second-order valence-corrected chi connectivity index (χ2v) is 6.22. The minimum atomic E-state index is 0.434. The van der Waals surface area contributed by atoms with Crippen LogP contribution in [0.4, 0.5) is 5.95 Å². The van der Waals surface area contributed by atoms with Crippen LogP contribution in [0.3, 0.4) is 0 Å². The molecule has 4 heterocycles. The van der Waals surface area contributed by atoms with E-state index >= 15 is 0 Å². The smallest absolute Gasteiger partial charge is 0.225 e. The zero-order chi connectivity index (χ0) is 15.8. The van der Waals surface area contributed by atoms with Gasteiger partial charge in [-0.25, -0.2) is 15.0 Å².